The molecule has 0 spiro atoms. The molecule has 1 unspecified atom stereocenters. The topological polar surface area (TPSA) is 83.6 Å². The number of hydrogen-bond donors (Lipinski definition) is 2. The highest BCUT2D eigenvalue weighted by Gasteiger charge is 2.17. The molecule has 0 saturated heterocycles. The maximum Gasteiger partial charge on any atom is 0.249 e. The Morgan fingerprint density at radius 1 is 1.08 bits per heavy atom. The van der Waals surface area contributed by atoms with Gasteiger partial charge in [-0.25, -0.2) is 0 Å². The van der Waals surface area contributed by atoms with Crippen molar-refractivity contribution in [1.82, 2.24) is 20.2 Å². The van der Waals surface area contributed by atoms with Gasteiger partial charge in [-0.05, 0) is 29.3 Å². The standard InChI is InChI=1S/C20H17N5O/c1-13(15-8-5-11-21-12-15)19(26)23-20-22-18(24-25-20)17-10-4-7-14-6-2-3-9-16(14)17/h2-13H,1H3,(H2,22,23,24,25,26). The Balaban J connectivity index is 1.57. The molecule has 0 bridgehead atoms. The van der Waals surface area contributed by atoms with E-state index in [1.807, 2.05) is 61.5 Å². The number of nitrogens with zero attached hydrogens (tertiary/aromatic N) is 3. The Hall–Kier alpha value is -3.54. The first-order valence-electron chi connectivity index (χ1n) is 8.34. The molecule has 0 radical (unpaired) electrons. The molecule has 0 aliphatic carbocycles. The summed E-state index contributed by atoms with van der Waals surface area (Å²) in [6, 6.07) is 17.8. The number of anilines is 1. The van der Waals surface area contributed by atoms with Crippen LogP contribution in [-0.4, -0.2) is 26.1 Å². The molecular weight excluding hydrogens is 326 g/mol. The second kappa shape index (κ2) is 6.76. The smallest absolute Gasteiger partial charge is 0.249 e. The lowest BCUT2D eigenvalue weighted by Gasteiger charge is -2.09. The van der Waals surface area contributed by atoms with Gasteiger partial charge in [-0.3, -0.25) is 20.2 Å². The van der Waals surface area contributed by atoms with E-state index in [2.05, 4.69) is 25.5 Å². The van der Waals surface area contributed by atoms with E-state index in [4.69, 9.17) is 0 Å². The third-order valence-electron chi connectivity index (χ3n) is 4.34. The van der Waals surface area contributed by atoms with Crippen molar-refractivity contribution < 1.29 is 4.79 Å². The molecule has 128 valence electrons. The summed E-state index contributed by atoms with van der Waals surface area (Å²) >= 11 is 0. The Morgan fingerprint density at radius 2 is 1.92 bits per heavy atom. The molecule has 1 atom stereocenters. The molecule has 6 nitrogen and oxygen atoms in total. The van der Waals surface area contributed by atoms with Crippen LogP contribution in [0.15, 0.2) is 67.0 Å². The number of nitrogens with one attached hydrogen (secondary N) is 2. The minimum Gasteiger partial charge on any atom is -0.293 e. The SMILES string of the molecule is CC(C(=O)Nc1n[nH]c(-c2cccc3ccccc23)n1)c1cccnc1. The summed E-state index contributed by atoms with van der Waals surface area (Å²) in [5.74, 6) is 0.351. The number of aromatic nitrogens is 4. The van der Waals surface area contributed by atoms with Crippen molar-refractivity contribution in [2.75, 3.05) is 5.32 Å². The van der Waals surface area contributed by atoms with E-state index in [-0.39, 0.29) is 17.8 Å². The third kappa shape index (κ3) is 3.04. The summed E-state index contributed by atoms with van der Waals surface area (Å²) in [7, 11) is 0. The third-order valence-corrected chi connectivity index (χ3v) is 4.34. The van der Waals surface area contributed by atoms with Crippen LogP contribution < -0.4 is 5.32 Å². The molecule has 26 heavy (non-hydrogen) atoms. The Kier molecular flexibility index (Phi) is 4.15. The maximum absolute atomic E-state index is 12.4. The van der Waals surface area contributed by atoms with Crippen LogP contribution in [0.5, 0.6) is 0 Å². The number of hydrogen-bond acceptors (Lipinski definition) is 4. The number of fused-ring (bicyclic) bond motifs is 1. The van der Waals surface area contributed by atoms with E-state index in [9.17, 15) is 4.79 Å². The van der Waals surface area contributed by atoms with Crippen molar-refractivity contribution in [1.29, 1.82) is 0 Å². The lowest BCUT2D eigenvalue weighted by Crippen LogP contribution is -2.19. The van der Waals surface area contributed by atoms with Crippen LogP contribution in [0.1, 0.15) is 18.4 Å². The second-order valence-electron chi connectivity index (χ2n) is 6.03. The van der Waals surface area contributed by atoms with Crippen LogP contribution in [0.4, 0.5) is 5.95 Å². The highest BCUT2D eigenvalue weighted by atomic mass is 16.2. The molecule has 0 aliphatic rings. The molecule has 0 saturated carbocycles. The van der Waals surface area contributed by atoms with Gasteiger partial charge in [0, 0.05) is 18.0 Å². The van der Waals surface area contributed by atoms with Crippen LogP contribution in [0.25, 0.3) is 22.2 Å². The monoisotopic (exact) mass is 343 g/mol. The fourth-order valence-corrected chi connectivity index (χ4v) is 2.87. The Morgan fingerprint density at radius 3 is 2.77 bits per heavy atom. The number of pyridine rings is 1. The van der Waals surface area contributed by atoms with E-state index < -0.39 is 0 Å². The van der Waals surface area contributed by atoms with Gasteiger partial charge in [0.25, 0.3) is 0 Å². The van der Waals surface area contributed by atoms with Crippen molar-refractivity contribution >= 4 is 22.6 Å². The zero-order chi connectivity index (χ0) is 17.9. The van der Waals surface area contributed by atoms with E-state index in [0.717, 1.165) is 21.9 Å². The summed E-state index contributed by atoms with van der Waals surface area (Å²) in [4.78, 5) is 20.9. The average molecular weight is 343 g/mol. The first-order chi connectivity index (χ1) is 12.7. The van der Waals surface area contributed by atoms with Crippen molar-refractivity contribution in [2.24, 2.45) is 0 Å². The number of rotatable bonds is 4. The fraction of sp³-hybridized carbons (Fsp3) is 0.100. The van der Waals surface area contributed by atoms with Gasteiger partial charge in [-0.15, -0.1) is 5.10 Å². The number of amides is 1. The summed E-state index contributed by atoms with van der Waals surface area (Å²) in [5.41, 5.74) is 1.78. The molecule has 2 N–H and O–H groups in total. The predicted octanol–water partition coefficient (Wildman–Crippen LogP) is 3.76. The molecule has 1 amide bonds. The molecule has 0 fully saturated rings. The lowest BCUT2D eigenvalue weighted by atomic mass is 10.0. The van der Waals surface area contributed by atoms with Gasteiger partial charge in [-0.1, -0.05) is 48.5 Å². The predicted molar refractivity (Wildman–Crippen MR) is 101 cm³/mol. The zero-order valence-corrected chi connectivity index (χ0v) is 14.2. The van der Waals surface area contributed by atoms with Gasteiger partial charge >= 0.3 is 0 Å². The molecule has 4 rings (SSSR count). The summed E-state index contributed by atoms with van der Waals surface area (Å²) in [6.07, 6.45) is 3.36. The average Bonchev–Trinajstić information content (AvgIpc) is 3.15. The zero-order valence-electron chi connectivity index (χ0n) is 14.2. The minimum atomic E-state index is -0.344. The van der Waals surface area contributed by atoms with Crippen molar-refractivity contribution in [3.8, 4) is 11.4 Å². The quantitative estimate of drug-likeness (QED) is 0.591. The van der Waals surface area contributed by atoms with Crippen molar-refractivity contribution in [3.05, 3.63) is 72.6 Å². The van der Waals surface area contributed by atoms with E-state index in [1.54, 1.807) is 12.4 Å². The van der Waals surface area contributed by atoms with E-state index in [0.29, 0.717) is 5.82 Å². The molecular formula is C20H17N5O. The summed E-state index contributed by atoms with van der Waals surface area (Å²) < 4.78 is 0. The Labute approximate surface area is 150 Å². The number of benzene rings is 2. The molecule has 2 aromatic carbocycles. The van der Waals surface area contributed by atoms with Crippen LogP contribution in [-0.2, 0) is 4.79 Å². The van der Waals surface area contributed by atoms with Crippen LogP contribution in [0.2, 0.25) is 0 Å². The largest absolute Gasteiger partial charge is 0.293 e. The molecule has 0 aliphatic heterocycles. The van der Waals surface area contributed by atoms with Gasteiger partial charge < -0.3 is 0 Å². The van der Waals surface area contributed by atoms with Gasteiger partial charge in [0.1, 0.15) is 0 Å². The molecule has 6 heteroatoms. The summed E-state index contributed by atoms with van der Waals surface area (Å²) in [5, 5.41) is 12.0. The summed E-state index contributed by atoms with van der Waals surface area (Å²) in [6.45, 7) is 1.82. The van der Waals surface area contributed by atoms with Crippen molar-refractivity contribution in [3.63, 3.8) is 0 Å². The number of aromatic amines is 1. The fourth-order valence-electron chi connectivity index (χ4n) is 2.87. The molecule has 2 aromatic heterocycles. The van der Waals surface area contributed by atoms with Gasteiger partial charge in [0.05, 0.1) is 5.92 Å². The first-order valence-corrected chi connectivity index (χ1v) is 8.34. The Bertz CT molecular complexity index is 1050. The maximum atomic E-state index is 12.4. The van der Waals surface area contributed by atoms with Gasteiger partial charge in [0.2, 0.25) is 11.9 Å². The van der Waals surface area contributed by atoms with Gasteiger partial charge in [-0.2, -0.15) is 4.98 Å². The van der Waals surface area contributed by atoms with Crippen LogP contribution in [0.3, 0.4) is 0 Å². The lowest BCUT2D eigenvalue weighted by molar-refractivity contribution is -0.117. The van der Waals surface area contributed by atoms with Gasteiger partial charge in [0.15, 0.2) is 5.82 Å². The number of carbonyl (C=O) groups is 1. The van der Waals surface area contributed by atoms with Crippen molar-refractivity contribution in [2.45, 2.75) is 12.8 Å². The molecule has 4 aromatic rings. The van der Waals surface area contributed by atoms with E-state index in [1.165, 1.54) is 0 Å². The van der Waals surface area contributed by atoms with Crippen LogP contribution in [0, 0.1) is 0 Å². The minimum absolute atomic E-state index is 0.179. The normalized spacial score (nSPS) is 12.0. The first kappa shape index (κ1) is 16.0. The highest BCUT2D eigenvalue weighted by molar-refractivity contribution is 5.96. The highest BCUT2D eigenvalue weighted by Crippen LogP contribution is 2.26. The number of H-pyrrole nitrogens is 1. The van der Waals surface area contributed by atoms with E-state index >= 15 is 0 Å². The molecule has 2 heterocycles. The number of carbonyl (C=O) groups excluding carboxylic acids is 1. The van der Waals surface area contributed by atoms with Crippen LogP contribution >= 0.6 is 0 Å². The second-order valence-corrected chi connectivity index (χ2v) is 6.03.